The minimum absolute atomic E-state index is 0.156. The number of ketones is 1. The predicted octanol–water partition coefficient (Wildman–Crippen LogP) is 2.25. The quantitative estimate of drug-likeness (QED) is 0.516. The number of nitro benzene ring substituents is 1. The van der Waals surface area contributed by atoms with E-state index < -0.39 is 16.6 Å². The van der Waals surface area contributed by atoms with E-state index in [1.165, 1.54) is 37.4 Å². The van der Waals surface area contributed by atoms with Gasteiger partial charge in [-0.15, -0.1) is 0 Å². The zero-order valence-electron chi connectivity index (χ0n) is 13.6. The molecule has 124 valence electrons. The van der Waals surface area contributed by atoms with Crippen molar-refractivity contribution in [3.05, 3.63) is 69.3 Å². The van der Waals surface area contributed by atoms with Crippen molar-refractivity contribution in [1.82, 2.24) is 5.32 Å². The van der Waals surface area contributed by atoms with Gasteiger partial charge in [0.1, 0.15) is 5.69 Å². The first kappa shape index (κ1) is 17.1. The molecule has 0 aromatic heterocycles. The largest absolute Gasteiger partial charge is 0.372 e. The Kier molecular flexibility index (Phi) is 4.93. The lowest BCUT2D eigenvalue weighted by molar-refractivity contribution is -0.384. The Morgan fingerprint density at radius 2 is 1.71 bits per heavy atom. The highest BCUT2D eigenvalue weighted by Gasteiger charge is 2.22. The van der Waals surface area contributed by atoms with Crippen LogP contribution in [-0.4, -0.2) is 37.8 Å². The van der Waals surface area contributed by atoms with E-state index in [1.807, 2.05) is 0 Å². The van der Waals surface area contributed by atoms with E-state index in [0.29, 0.717) is 5.69 Å². The van der Waals surface area contributed by atoms with Crippen LogP contribution >= 0.6 is 0 Å². The number of amides is 1. The molecule has 2 rings (SSSR count). The Labute approximate surface area is 139 Å². The third-order valence-electron chi connectivity index (χ3n) is 3.56. The molecule has 2 aromatic carbocycles. The van der Waals surface area contributed by atoms with Gasteiger partial charge >= 0.3 is 0 Å². The van der Waals surface area contributed by atoms with E-state index in [4.69, 9.17) is 0 Å². The molecule has 0 atom stereocenters. The molecule has 1 amide bonds. The van der Waals surface area contributed by atoms with Gasteiger partial charge in [-0.1, -0.05) is 18.2 Å². The van der Waals surface area contributed by atoms with Crippen LogP contribution in [0.4, 0.5) is 11.4 Å². The monoisotopic (exact) mass is 327 g/mol. The van der Waals surface area contributed by atoms with Gasteiger partial charge in [0.05, 0.1) is 10.5 Å². The van der Waals surface area contributed by atoms with E-state index in [0.717, 1.165) is 0 Å². The molecule has 0 saturated heterocycles. The minimum Gasteiger partial charge on any atom is -0.372 e. The van der Waals surface area contributed by atoms with Gasteiger partial charge in [0.25, 0.3) is 11.6 Å². The van der Waals surface area contributed by atoms with Crippen LogP contribution in [-0.2, 0) is 0 Å². The maximum Gasteiger partial charge on any atom is 0.293 e. The van der Waals surface area contributed by atoms with Crippen LogP contribution in [0.25, 0.3) is 0 Å². The second kappa shape index (κ2) is 6.91. The lowest BCUT2D eigenvalue weighted by Gasteiger charge is -2.13. The van der Waals surface area contributed by atoms with Gasteiger partial charge in [0.2, 0.25) is 0 Å². The van der Waals surface area contributed by atoms with Gasteiger partial charge < -0.3 is 10.2 Å². The highest BCUT2D eigenvalue weighted by atomic mass is 16.6. The summed E-state index contributed by atoms with van der Waals surface area (Å²) in [6.07, 6.45) is 0. The van der Waals surface area contributed by atoms with Gasteiger partial charge in [-0.3, -0.25) is 19.7 Å². The Bertz CT molecular complexity index is 815. The highest BCUT2D eigenvalue weighted by molar-refractivity contribution is 6.15. The number of hydrogen-bond acceptors (Lipinski definition) is 5. The van der Waals surface area contributed by atoms with Gasteiger partial charge in [-0.25, -0.2) is 0 Å². The molecule has 0 radical (unpaired) electrons. The molecule has 7 heteroatoms. The number of nitro groups is 1. The zero-order valence-corrected chi connectivity index (χ0v) is 13.6. The maximum atomic E-state index is 12.7. The third kappa shape index (κ3) is 3.24. The normalized spacial score (nSPS) is 10.1. The lowest BCUT2D eigenvalue weighted by atomic mass is 9.97. The molecular formula is C17H17N3O4. The molecule has 0 aliphatic heterocycles. The van der Waals surface area contributed by atoms with Gasteiger partial charge in [-0.05, 0) is 18.2 Å². The van der Waals surface area contributed by atoms with Crippen LogP contribution in [0.3, 0.4) is 0 Å². The molecule has 1 N–H and O–H groups in total. The summed E-state index contributed by atoms with van der Waals surface area (Å²) >= 11 is 0. The van der Waals surface area contributed by atoms with Crippen molar-refractivity contribution in [1.29, 1.82) is 0 Å². The first-order valence-electron chi connectivity index (χ1n) is 7.18. The van der Waals surface area contributed by atoms with Crippen molar-refractivity contribution in [2.45, 2.75) is 0 Å². The molecule has 0 aliphatic carbocycles. The first-order valence-corrected chi connectivity index (χ1v) is 7.18. The third-order valence-corrected chi connectivity index (χ3v) is 3.56. The Morgan fingerprint density at radius 3 is 2.25 bits per heavy atom. The fraction of sp³-hybridized carbons (Fsp3) is 0.176. The van der Waals surface area contributed by atoms with E-state index in [-0.39, 0.29) is 22.4 Å². The first-order chi connectivity index (χ1) is 11.4. The number of benzene rings is 2. The average molecular weight is 327 g/mol. The van der Waals surface area contributed by atoms with Crippen molar-refractivity contribution in [3.63, 3.8) is 0 Å². The fourth-order valence-electron chi connectivity index (χ4n) is 2.36. The number of nitrogens with one attached hydrogen (secondary N) is 1. The number of rotatable bonds is 5. The van der Waals surface area contributed by atoms with Crippen LogP contribution in [0.15, 0.2) is 42.5 Å². The second-order valence-corrected chi connectivity index (χ2v) is 5.31. The SMILES string of the molecule is CNC(=O)c1ccccc1C(=O)c1ccc(N(C)C)c([N+](=O)[O-])c1. The summed E-state index contributed by atoms with van der Waals surface area (Å²) in [5.74, 6) is -0.832. The van der Waals surface area contributed by atoms with E-state index in [2.05, 4.69) is 5.32 Å². The number of anilines is 1. The summed E-state index contributed by atoms with van der Waals surface area (Å²) in [7, 11) is 4.84. The molecule has 24 heavy (non-hydrogen) atoms. The fourth-order valence-corrected chi connectivity index (χ4v) is 2.36. The van der Waals surface area contributed by atoms with Crippen molar-refractivity contribution in [3.8, 4) is 0 Å². The van der Waals surface area contributed by atoms with Crippen molar-refractivity contribution < 1.29 is 14.5 Å². The van der Waals surface area contributed by atoms with Crippen molar-refractivity contribution in [2.24, 2.45) is 0 Å². The van der Waals surface area contributed by atoms with Crippen LogP contribution in [0.5, 0.6) is 0 Å². The smallest absolute Gasteiger partial charge is 0.293 e. The summed E-state index contributed by atoms with van der Waals surface area (Å²) < 4.78 is 0. The summed E-state index contributed by atoms with van der Waals surface area (Å²) in [6, 6.07) is 10.6. The van der Waals surface area contributed by atoms with Crippen molar-refractivity contribution in [2.75, 3.05) is 26.0 Å². The molecule has 0 aliphatic rings. The highest BCUT2D eigenvalue weighted by Crippen LogP contribution is 2.29. The van der Waals surface area contributed by atoms with Gasteiger partial charge in [-0.2, -0.15) is 0 Å². The molecule has 0 unspecified atom stereocenters. The number of nitrogens with zero attached hydrogens (tertiary/aromatic N) is 2. The molecule has 0 heterocycles. The summed E-state index contributed by atoms with van der Waals surface area (Å²) in [4.78, 5) is 37.0. The molecule has 0 spiro atoms. The van der Waals surface area contributed by atoms with E-state index >= 15 is 0 Å². The standard InChI is InChI=1S/C17H17N3O4/c1-18-17(22)13-7-5-4-6-12(13)16(21)11-8-9-14(19(2)3)15(10-11)20(23)24/h4-10H,1-3H3,(H,18,22). The molecule has 7 nitrogen and oxygen atoms in total. The Morgan fingerprint density at radius 1 is 1.08 bits per heavy atom. The molecular weight excluding hydrogens is 310 g/mol. The number of carbonyl (C=O) groups excluding carboxylic acids is 2. The maximum absolute atomic E-state index is 12.7. The summed E-state index contributed by atoms with van der Waals surface area (Å²) in [6.45, 7) is 0. The van der Waals surface area contributed by atoms with E-state index in [1.54, 1.807) is 31.1 Å². The van der Waals surface area contributed by atoms with E-state index in [9.17, 15) is 19.7 Å². The number of hydrogen-bond donors (Lipinski definition) is 1. The molecule has 2 aromatic rings. The summed E-state index contributed by atoms with van der Waals surface area (Å²) in [5, 5.41) is 13.7. The van der Waals surface area contributed by atoms with Crippen LogP contribution in [0.1, 0.15) is 26.3 Å². The molecule has 0 fully saturated rings. The lowest BCUT2D eigenvalue weighted by Crippen LogP contribution is -2.21. The van der Waals surface area contributed by atoms with Gasteiger partial charge in [0.15, 0.2) is 5.78 Å². The van der Waals surface area contributed by atoms with Crippen LogP contribution in [0, 0.1) is 10.1 Å². The van der Waals surface area contributed by atoms with Crippen molar-refractivity contribution >= 4 is 23.1 Å². The van der Waals surface area contributed by atoms with Crippen LogP contribution < -0.4 is 10.2 Å². The topological polar surface area (TPSA) is 92.6 Å². The Hall–Kier alpha value is -3.22. The second-order valence-electron chi connectivity index (χ2n) is 5.31. The Balaban J connectivity index is 2.54. The molecule has 0 bridgehead atoms. The van der Waals surface area contributed by atoms with Crippen LogP contribution in [0.2, 0.25) is 0 Å². The predicted molar refractivity (Wildman–Crippen MR) is 90.7 cm³/mol. The molecule has 0 saturated carbocycles. The minimum atomic E-state index is -0.531. The number of carbonyl (C=O) groups is 2. The average Bonchev–Trinajstić information content (AvgIpc) is 2.59. The van der Waals surface area contributed by atoms with Gasteiger partial charge in [0, 0.05) is 38.3 Å². The zero-order chi connectivity index (χ0) is 17.9. The summed E-state index contributed by atoms with van der Waals surface area (Å²) in [5.41, 5.74) is 0.816.